The molecule has 0 spiro atoms. The van der Waals surface area contributed by atoms with Gasteiger partial charge in [0.2, 0.25) is 10.0 Å². The van der Waals surface area contributed by atoms with Gasteiger partial charge in [0.1, 0.15) is 5.75 Å². The Labute approximate surface area is 202 Å². The third-order valence-electron chi connectivity index (χ3n) is 5.44. The van der Waals surface area contributed by atoms with Crippen LogP contribution in [0.4, 0.5) is 0 Å². The van der Waals surface area contributed by atoms with Gasteiger partial charge in [-0.1, -0.05) is 24.3 Å². The first-order valence-electron chi connectivity index (χ1n) is 9.96. The highest BCUT2D eigenvalue weighted by Gasteiger charge is 2.26. The first-order valence-corrected chi connectivity index (χ1v) is 11.4. The summed E-state index contributed by atoms with van der Waals surface area (Å²) in [6.45, 7) is 2.43. The van der Waals surface area contributed by atoms with E-state index in [4.69, 9.17) is 4.74 Å². The lowest BCUT2D eigenvalue weighted by Gasteiger charge is -2.22. The molecule has 0 amide bonds. The SMILES string of the molecule is CN=C(NCc1ccc(S(=O)(=O)N(C)C)cc1)N1CCC(c2ccc(OC)cc2)C1.I. The largest absolute Gasteiger partial charge is 0.497 e. The zero-order valence-electron chi connectivity index (χ0n) is 18.4. The van der Waals surface area contributed by atoms with Gasteiger partial charge >= 0.3 is 0 Å². The molecule has 1 N–H and O–H groups in total. The van der Waals surface area contributed by atoms with E-state index in [1.54, 1.807) is 26.3 Å². The fourth-order valence-corrected chi connectivity index (χ4v) is 4.51. The summed E-state index contributed by atoms with van der Waals surface area (Å²) >= 11 is 0. The maximum absolute atomic E-state index is 12.2. The first kappa shape index (κ1) is 25.4. The molecule has 1 atom stereocenters. The van der Waals surface area contributed by atoms with Crippen LogP contribution in [0.1, 0.15) is 23.5 Å². The molecule has 1 aliphatic rings. The van der Waals surface area contributed by atoms with E-state index in [2.05, 4.69) is 27.3 Å². The zero-order chi connectivity index (χ0) is 21.7. The minimum absolute atomic E-state index is 0. The van der Waals surface area contributed by atoms with Crippen molar-refractivity contribution >= 4 is 40.0 Å². The van der Waals surface area contributed by atoms with Crippen LogP contribution in [0.15, 0.2) is 58.4 Å². The predicted octanol–water partition coefficient (Wildman–Crippen LogP) is 3.13. The lowest BCUT2D eigenvalue weighted by Crippen LogP contribution is -2.39. The van der Waals surface area contributed by atoms with Crippen LogP contribution in [-0.4, -0.2) is 64.9 Å². The number of halogens is 1. The molecule has 0 bridgehead atoms. The van der Waals surface area contributed by atoms with Crippen molar-refractivity contribution in [3.63, 3.8) is 0 Å². The number of hydrogen-bond acceptors (Lipinski definition) is 4. The van der Waals surface area contributed by atoms with E-state index in [0.29, 0.717) is 17.4 Å². The summed E-state index contributed by atoms with van der Waals surface area (Å²) < 4.78 is 30.8. The smallest absolute Gasteiger partial charge is 0.242 e. The molecule has 0 aliphatic carbocycles. The minimum Gasteiger partial charge on any atom is -0.497 e. The van der Waals surface area contributed by atoms with Crippen molar-refractivity contribution in [1.82, 2.24) is 14.5 Å². The average Bonchev–Trinajstić information content (AvgIpc) is 3.24. The number of rotatable bonds is 6. The fourth-order valence-electron chi connectivity index (χ4n) is 3.60. The van der Waals surface area contributed by atoms with Crippen LogP contribution in [-0.2, 0) is 16.6 Å². The summed E-state index contributed by atoms with van der Waals surface area (Å²) in [5.74, 6) is 2.19. The molecular weight excluding hydrogens is 527 g/mol. The molecule has 3 rings (SSSR count). The van der Waals surface area contributed by atoms with Gasteiger partial charge in [-0.3, -0.25) is 4.99 Å². The van der Waals surface area contributed by atoms with E-state index in [1.807, 2.05) is 24.3 Å². The molecular formula is C22H31IN4O3S. The third-order valence-corrected chi connectivity index (χ3v) is 7.27. The molecule has 170 valence electrons. The Morgan fingerprint density at radius 2 is 1.81 bits per heavy atom. The standard InChI is InChI=1S/C22H30N4O3S.HI/c1-23-22(24-15-17-5-11-21(12-6-17)30(27,28)25(2)3)26-14-13-19(16-26)18-7-9-20(29-4)10-8-18;/h5-12,19H,13-16H2,1-4H3,(H,23,24);1H. The van der Waals surface area contributed by atoms with E-state index < -0.39 is 10.0 Å². The monoisotopic (exact) mass is 558 g/mol. The fraction of sp³-hybridized carbons (Fsp3) is 0.409. The number of guanidine groups is 1. The maximum Gasteiger partial charge on any atom is 0.242 e. The van der Waals surface area contributed by atoms with Crippen LogP contribution < -0.4 is 10.1 Å². The van der Waals surface area contributed by atoms with E-state index in [-0.39, 0.29) is 24.0 Å². The molecule has 2 aromatic rings. The second-order valence-electron chi connectivity index (χ2n) is 7.54. The van der Waals surface area contributed by atoms with Gasteiger partial charge in [0, 0.05) is 46.7 Å². The third kappa shape index (κ3) is 6.11. The van der Waals surface area contributed by atoms with Crippen LogP contribution >= 0.6 is 24.0 Å². The Balaban J connectivity index is 0.00000341. The Kier molecular flexibility index (Phi) is 9.14. The number of likely N-dealkylation sites (tertiary alicyclic amines) is 1. The summed E-state index contributed by atoms with van der Waals surface area (Å²) in [7, 11) is 3.12. The molecule has 0 aromatic heterocycles. The van der Waals surface area contributed by atoms with Gasteiger partial charge in [-0.05, 0) is 41.8 Å². The summed E-state index contributed by atoms with van der Waals surface area (Å²) in [5, 5.41) is 3.39. The van der Waals surface area contributed by atoms with Gasteiger partial charge in [0.05, 0.1) is 12.0 Å². The van der Waals surface area contributed by atoms with E-state index >= 15 is 0 Å². The summed E-state index contributed by atoms with van der Waals surface area (Å²) in [5.41, 5.74) is 2.31. The molecule has 31 heavy (non-hydrogen) atoms. The van der Waals surface area contributed by atoms with Crippen molar-refractivity contribution in [2.24, 2.45) is 4.99 Å². The molecule has 1 aliphatic heterocycles. The molecule has 0 radical (unpaired) electrons. The average molecular weight is 558 g/mol. The molecule has 1 fully saturated rings. The number of nitrogens with one attached hydrogen (secondary N) is 1. The highest BCUT2D eigenvalue weighted by molar-refractivity contribution is 14.0. The van der Waals surface area contributed by atoms with Gasteiger partial charge in [0.25, 0.3) is 0 Å². The van der Waals surface area contributed by atoms with Crippen molar-refractivity contribution < 1.29 is 13.2 Å². The Morgan fingerprint density at radius 3 is 2.35 bits per heavy atom. The lowest BCUT2D eigenvalue weighted by molar-refractivity contribution is 0.414. The van der Waals surface area contributed by atoms with Gasteiger partial charge in [-0.25, -0.2) is 12.7 Å². The Morgan fingerprint density at radius 1 is 1.16 bits per heavy atom. The number of ether oxygens (including phenoxy) is 1. The molecule has 7 nitrogen and oxygen atoms in total. The number of hydrogen-bond donors (Lipinski definition) is 1. The Bertz CT molecular complexity index is 977. The summed E-state index contributed by atoms with van der Waals surface area (Å²) in [4.78, 5) is 6.99. The van der Waals surface area contributed by atoms with Gasteiger partial charge in [0.15, 0.2) is 5.96 Å². The van der Waals surface area contributed by atoms with Gasteiger partial charge in [-0.2, -0.15) is 0 Å². The maximum atomic E-state index is 12.2. The van der Waals surface area contributed by atoms with Crippen molar-refractivity contribution in [3.05, 3.63) is 59.7 Å². The van der Waals surface area contributed by atoms with E-state index in [1.165, 1.54) is 24.0 Å². The topological polar surface area (TPSA) is 74.2 Å². The molecule has 9 heteroatoms. The second-order valence-corrected chi connectivity index (χ2v) is 9.69. The van der Waals surface area contributed by atoms with Crippen LogP contribution in [0, 0.1) is 0 Å². The quantitative estimate of drug-likeness (QED) is 0.335. The number of methoxy groups -OCH3 is 1. The van der Waals surface area contributed by atoms with E-state index in [9.17, 15) is 8.42 Å². The van der Waals surface area contributed by atoms with Crippen molar-refractivity contribution in [3.8, 4) is 5.75 Å². The predicted molar refractivity (Wildman–Crippen MR) is 135 cm³/mol. The highest BCUT2D eigenvalue weighted by atomic mass is 127. The highest BCUT2D eigenvalue weighted by Crippen LogP contribution is 2.28. The lowest BCUT2D eigenvalue weighted by atomic mass is 9.98. The van der Waals surface area contributed by atoms with Crippen LogP contribution in [0.5, 0.6) is 5.75 Å². The van der Waals surface area contributed by atoms with Crippen LogP contribution in [0.25, 0.3) is 0 Å². The molecule has 1 saturated heterocycles. The molecule has 0 saturated carbocycles. The van der Waals surface area contributed by atoms with Crippen LogP contribution in [0.3, 0.4) is 0 Å². The van der Waals surface area contributed by atoms with E-state index in [0.717, 1.165) is 36.8 Å². The normalized spacial score (nSPS) is 16.9. The Hall–Kier alpha value is -1.85. The van der Waals surface area contributed by atoms with Gasteiger partial charge in [-0.15, -0.1) is 24.0 Å². The number of benzene rings is 2. The second kappa shape index (κ2) is 11.1. The summed E-state index contributed by atoms with van der Waals surface area (Å²) in [6, 6.07) is 15.2. The number of nitrogens with zero attached hydrogens (tertiary/aromatic N) is 3. The number of aliphatic imine (C=N–C) groups is 1. The van der Waals surface area contributed by atoms with Gasteiger partial charge < -0.3 is 15.0 Å². The van der Waals surface area contributed by atoms with Crippen molar-refractivity contribution in [2.75, 3.05) is 41.3 Å². The van der Waals surface area contributed by atoms with Crippen molar-refractivity contribution in [2.45, 2.75) is 23.8 Å². The first-order chi connectivity index (χ1) is 14.3. The summed E-state index contributed by atoms with van der Waals surface area (Å²) in [6.07, 6.45) is 1.07. The van der Waals surface area contributed by atoms with Crippen LogP contribution in [0.2, 0.25) is 0 Å². The molecule has 1 heterocycles. The minimum atomic E-state index is -3.41. The number of sulfonamides is 1. The zero-order valence-corrected chi connectivity index (χ0v) is 21.6. The molecule has 2 aromatic carbocycles. The van der Waals surface area contributed by atoms with Crippen molar-refractivity contribution in [1.29, 1.82) is 0 Å². The molecule has 1 unspecified atom stereocenters.